The molecule has 1 saturated heterocycles. The number of hydrogen-bond donors (Lipinski definition) is 1. The van der Waals surface area contributed by atoms with Gasteiger partial charge in [-0.3, -0.25) is 4.79 Å². The van der Waals surface area contributed by atoms with Gasteiger partial charge in [0.2, 0.25) is 5.91 Å². The van der Waals surface area contributed by atoms with Crippen LogP contribution < -0.4 is 5.32 Å². The van der Waals surface area contributed by atoms with Crippen LogP contribution in [-0.4, -0.2) is 24.2 Å². The predicted molar refractivity (Wildman–Crippen MR) is 89.8 cm³/mol. The topological polar surface area (TPSA) is 38.3 Å². The minimum atomic E-state index is -0.132. The molecule has 0 saturated carbocycles. The third-order valence-corrected chi connectivity index (χ3v) is 4.50. The maximum Gasteiger partial charge on any atom is 0.220 e. The molecule has 2 atom stereocenters. The molecule has 0 spiro atoms. The molecule has 1 amide bonds. The number of nitrogens with one attached hydrogen (secondary N) is 1. The number of carbonyl (C=O) groups is 1. The van der Waals surface area contributed by atoms with E-state index in [0.717, 1.165) is 19.4 Å². The molecule has 0 aliphatic carbocycles. The Bertz CT molecular complexity index is 481. The molecule has 1 aromatic rings. The van der Waals surface area contributed by atoms with Crippen LogP contribution >= 0.6 is 0 Å². The van der Waals surface area contributed by atoms with E-state index in [1.807, 2.05) is 18.2 Å². The Morgan fingerprint density at radius 2 is 2.00 bits per heavy atom. The molecule has 3 heteroatoms. The van der Waals surface area contributed by atoms with E-state index in [1.165, 1.54) is 5.56 Å². The predicted octanol–water partition coefficient (Wildman–Crippen LogP) is 3.89. The molecular formula is C19H29NO2. The van der Waals surface area contributed by atoms with Crippen molar-refractivity contribution in [3.8, 4) is 0 Å². The maximum absolute atomic E-state index is 12.5. The van der Waals surface area contributed by atoms with Crippen molar-refractivity contribution in [2.75, 3.05) is 6.61 Å². The highest BCUT2D eigenvalue weighted by molar-refractivity contribution is 5.77. The van der Waals surface area contributed by atoms with Gasteiger partial charge < -0.3 is 10.1 Å². The molecule has 1 fully saturated rings. The second kappa shape index (κ2) is 7.28. The molecule has 1 aromatic carbocycles. The minimum Gasteiger partial charge on any atom is -0.375 e. The van der Waals surface area contributed by atoms with Gasteiger partial charge in [0.1, 0.15) is 0 Å². The van der Waals surface area contributed by atoms with Crippen LogP contribution in [0.3, 0.4) is 0 Å². The van der Waals surface area contributed by atoms with Crippen molar-refractivity contribution in [2.45, 2.75) is 64.5 Å². The molecule has 1 heterocycles. The molecule has 0 unspecified atom stereocenters. The molecule has 0 aromatic heterocycles. The fourth-order valence-electron chi connectivity index (χ4n) is 3.28. The van der Waals surface area contributed by atoms with E-state index < -0.39 is 0 Å². The number of amides is 1. The lowest BCUT2D eigenvalue weighted by atomic mass is 9.85. The highest BCUT2D eigenvalue weighted by Crippen LogP contribution is 2.28. The minimum absolute atomic E-state index is 0.132. The van der Waals surface area contributed by atoms with Crippen molar-refractivity contribution in [3.63, 3.8) is 0 Å². The van der Waals surface area contributed by atoms with Crippen molar-refractivity contribution < 1.29 is 9.53 Å². The lowest BCUT2D eigenvalue weighted by Crippen LogP contribution is -2.46. The molecule has 22 heavy (non-hydrogen) atoms. The van der Waals surface area contributed by atoms with Crippen molar-refractivity contribution >= 4 is 5.91 Å². The van der Waals surface area contributed by atoms with Gasteiger partial charge in [-0.25, -0.2) is 0 Å². The average molecular weight is 303 g/mol. The van der Waals surface area contributed by atoms with Crippen LogP contribution in [0.15, 0.2) is 30.3 Å². The van der Waals surface area contributed by atoms with Gasteiger partial charge in [-0.15, -0.1) is 0 Å². The van der Waals surface area contributed by atoms with Gasteiger partial charge in [-0.05, 0) is 44.1 Å². The first-order valence-corrected chi connectivity index (χ1v) is 8.35. The summed E-state index contributed by atoms with van der Waals surface area (Å²) in [5.74, 6) is 0.874. The van der Waals surface area contributed by atoms with Crippen LogP contribution in [0.25, 0.3) is 0 Å². The Morgan fingerprint density at radius 1 is 1.32 bits per heavy atom. The molecule has 3 nitrogen and oxygen atoms in total. The van der Waals surface area contributed by atoms with Crippen LogP contribution in [0.2, 0.25) is 0 Å². The quantitative estimate of drug-likeness (QED) is 0.896. The van der Waals surface area contributed by atoms with Gasteiger partial charge in [-0.1, -0.05) is 44.2 Å². The van der Waals surface area contributed by atoms with Gasteiger partial charge in [0, 0.05) is 19.1 Å². The second-order valence-electron chi connectivity index (χ2n) is 7.33. The monoisotopic (exact) mass is 303 g/mol. The van der Waals surface area contributed by atoms with Gasteiger partial charge in [0.05, 0.1) is 5.60 Å². The Hall–Kier alpha value is -1.35. The lowest BCUT2D eigenvalue weighted by Gasteiger charge is -2.36. The van der Waals surface area contributed by atoms with E-state index in [2.05, 4.69) is 45.1 Å². The zero-order valence-corrected chi connectivity index (χ0v) is 14.3. The second-order valence-corrected chi connectivity index (χ2v) is 7.33. The maximum atomic E-state index is 12.5. The van der Waals surface area contributed by atoms with Crippen molar-refractivity contribution in [2.24, 2.45) is 5.92 Å². The number of hydrogen-bond acceptors (Lipinski definition) is 2. The van der Waals surface area contributed by atoms with E-state index >= 15 is 0 Å². The summed E-state index contributed by atoms with van der Waals surface area (Å²) in [5.41, 5.74) is 1.12. The summed E-state index contributed by atoms with van der Waals surface area (Å²) >= 11 is 0. The summed E-state index contributed by atoms with van der Waals surface area (Å²) in [6, 6.07) is 10.6. The largest absolute Gasteiger partial charge is 0.375 e. The summed E-state index contributed by atoms with van der Waals surface area (Å²) < 4.78 is 5.71. The molecule has 1 aliphatic heterocycles. The summed E-state index contributed by atoms with van der Waals surface area (Å²) in [4.78, 5) is 12.5. The van der Waals surface area contributed by atoms with Gasteiger partial charge >= 0.3 is 0 Å². The Labute approximate surface area is 134 Å². The first-order valence-electron chi connectivity index (χ1n) is 8.35. The Balaban J connectivity index is 1.94. The van der Waals surface area contributed by atoms with Crippen molar-refractivity contribution in [3.05, 3.63) is 35.9 Å². The molecule has 122 valence electrons. The zero-order chi connectivity index (χ0) is 16.2. The average Bonchev–Trinajstić information content (AvgIpc) is 2.44. The summed E-state index contributed by atoms with van der Waals surface area (Å²) in [7, 11) is 0. The first-order chi connectivity index (χ1) is 10.4. The summed E-state index contributed by atoms with van der Waals surface area (Å²) in [5, 5.41) is 3.21. The highest BCUT2D eigenvalue weighted by Gasteiger charge is 2.30. The number of ether oxygens (including phenoxy) is 1. The van der Waals surface area contributed by atoms with Gasteiger partial charge in [0.15, 0.2) is 0 Å². The van der Waals surface area contributed by atoms with E-state index in [0.29, 0.717) is 12.3 Å². The van der Waals surface area contributed by atoms with E-state index in [4.69, 9.17) is 4.74 Å². The molecular weight excluding hydrogens is 274 g/mol. The fraction of sp³-hybridized carbons (Fsp3) is 0.632. The first kappa shape index (κ1) is 17.0. The molecule has 0 bridgehead atoms. The number of rotatable bonds is 5. The molecule has 2 rings (SSSR count). The van der Waals surface area contributed by atoms with Crippen molar-refractivity contribution in [1.82, 2.24) is 5.32 Å². The number of benzene rings is 1. The summed E-state index contributed by atoms with van der Waals surface area (Å²) in [6.45, 7) is 9.27. The Morgan fingerprint density at radius 3 is 2.59 bits per heavy atom. The highest BCUT2D eigenvalue weighted by atomic mass is 16.5. The SMILES string of the molecule is CC(C)[C@@H](CC(=O)N[C@H]1CCOC(C)(C)C1)c1ccccc1. The molecule has 0 radical (unpaired) electrons. The van der Waals surface area contributed by atoms with Crippen molar-refractivity contribution in [1.29, 1.82) is 0 Å². The van der Waals surface area contributed by atoms with Crippen LogP contribution in [0.1, 0.15) is 58.4 Å². The van der Waals surface area contributed by atoms with Crippen LogP contribution in [-0.2, 0) is 9.53 Å². The molecule has 1 aliphatic rings. The molecule has 1 N–H and O–H groups in total. The third kappa shape index (κ3) is 4.84. The summed E-state index contributed by atoms with van der Waals surface area (Å²) in [6.07, 6.45) is 2.35. The van der Waals surface area contributed by atoms with Crippen LogP contribution in [0.5, 0.6) is 0 Å². The van der Waals surface area contributed by atoms with Gasteiger partial charge in [-0.2, -0.15) is 0 Å². The van der Waals surface area contributed by atoms with E-state index in [-0.39, 0.29) is 23.5 Å². The van der Waals surface area contributed by atoms with Crippen LogP contribution in [0, 0.1) is 5.92 Å². The van der Waals surface area contributed by atoms with Gasteiger partial charge in [0.25, 0.3) is 0 Å². The zero-order valence-electron chi connectivity index (χ0n) is 14.3. The lowest BCUT2D eigenvalue weighted by molar-refractivity contribution is -0.124. The van der Waals surface area contributed by atoms with Crippen LogP contribution in [0.4, 0.5) is 0 Å². The third-order valence-electron chi connectivity index (χ3n) is 4.50. The van der Waals surface area contributed by atoms with E-state index in [1.54, 1.807) is 0 Å². The fourth-order valence-corrected chi connectivity index (χ4v) is 3.28. The standard InChI is InChI=1S/C19H29NO2/c1-14(2)17(15-8-6-5-7-9-15)12-18(21)20-16-10-11-22-19(3,4)13-16/h5-9,14,16-17H,10-13H2,1-4H3,(H,20,21)/t16-,17+/m0/s1. The smallest absolute Gasteiger partial charge is 0.220 e. The van der Waals surface area contributed by atoms with E-state index in [9.17, 15) is 4.79 Å². The Kier molecular flexibility index (Phi) is 5.63. The number of carbonyl (C=O) groups excluding carboxylic acids is 1. The normalized spacial score (nSPS) is 22.3.